The monoisotopic (exact) mass is 327 g/mol. The van der Waals surface area contributed by atoms with Crippen molar-refractivity contribution in [3.63, 3.8) is 0 Å². The number of carbonyl (C=O) groups is 1. The van der Waals surface area contributed by atoms with E-state index in [1.807, 2.05) is 0 Å². The predicted molar refractivity (Wildman–Crippen MR) is 88.7 cm³/mol. The van der Waals surface area contributed by atoms with Gasteiger partial charge in [-0.05, 0) is 43.4 Å². The highest BCUT2D eigenvalue weighted by atomic mass is 35.5. The Bertz CT molecular complexity index is 471. The zero-order chi connectivity index (χ0) is 16.8. The first kappa shape index (κ1) is 18.9. The first-order valence-corrected chi connectivity index (χ1v) is 8.00. The van der Waals surface area contributed by atoms with Crippen molar-refractivity contribution >= 4 is 17.5 Å². The first-order valence-electron chi connectivity index (χ1n) is 7.62. The predicted octanol–water partition coefficient (Wildman–Crippen LogP) is 3.07. The number of nitrogens with one attached hydrogen (secondary N) is 1. The summed E-state index contributed by atoms with van der Waals surface area (Å²) in [4.78, 5) is 11.9. The molecule has 0 saturated heterocycles. The highest BCUT2D eigenvalue weighted by Crippen LogP contribution is 2.19. The Kier molecular flexibility index (Phi) is 7.33. The smallest absolute Gasteiger partial charge is 0.223 e. The maximum atomic E-state index is 11.9. The van der Waals surface area contributed by atoms with Gasteiger partial charge in [-0.15, -0.1) is 0 Å². The molecule has 0 aromatic heterocycles. The lowest BCUT2D eigenvalue weighted by Crippen LogP contribution is -2.41. The van der Waals surface area contributed by atoms with Crippen LogP contribution in [0.4, 0.5) is 0 Å². The summed E-state index contributed by atoms with van der Waals surface area (Å²) < 4.78 is 0. The van der Waals surface area contributed by atoms with E-state index in [2.05, 4.69) is 19.2 Å². The third-order valence-corrected chi connectivity index (χ3v) is 3.81. The summed E-state index contributed by atoms with van der Waals surface area (Å²) in [7, 11) is 0. The largest absolute Gasteiger partial charge is 0.388 e. The summed E-state index contributed by atoms with van der Waals surface area (Å²) in [5, 5.41) is 23.5. The van der Waals surface area contributed by atoms with E-state index >= 15 is 0 Å². The normalized spacial score (nSPS) is 15.4. The van der Waals surface area contributed by atoms with Gasteiger partial charge in [0.1, 0.15) is 0 Å². The number of benzene rings is 1. The molecule has 0 aliphatic rings. The van der Waals surface area contributed by atoms with Gasteiger partial charge in [-0.25, -0.2) is 0 Å². The summed E-state index contributed by atoms with van der Waals surface area (Å²) in [5.41, 5.74) is -0.281. The van der Waals surface area contributed by atoms with E-state index in [0.717, 1.165) is 6.42 Å². The molecule has 1 aromatic rings. The van der Waals surface area contributed by atoms with Gasteiger partial charge in [-0.3, -0.25) is 4.79 Å². The van der Waals surface area contributed by atoms with Crippen molar-refractivity contribution in [2.24, 2.45) is 5.92 Å². The molecule has 0 aliphatic heterocycles. The summed E-state index contributed by atoms with van der Waals surface area (Å²) in [6.45, 7) is 6.09. The van der Waals surface area contributed by atoms with Crippen molar-refractivity contribution < 1.29 is 15.0 Å². The minimum Gasteiger partial charge on any atom is -0.388 e. The van der Waals surface area contributed by atoms with E-state index in [4.69, 9.17) is 11.6 Å². The molecular weight excluding hydrogens is 302 g/mol. The lowest BCUT2D eigenvalue weighted by atomic mass is 9.95. The highest BCUT2D eigenvalue weighted by Gasteiger charge is 2.22. The van der Waals surface area contributed by atoms with E-state index in [9.17, 15) is 15.0 Å². The minimum absolute atomic E-state index is 0.0398. The van der Waals surface area contributed by atoms with Crippen molar-refractivity contribution in [1.29, 1.82) is 0 Å². The Balaban J connectivity index is 2.40. The van der Waals surface area contributed by atoms with Crippen LogP contribution in [0.2, 0.25) is 5.02 Å². The zero-order valence-electron chi connectivity index (χ0n) is 13.5. The molecular formula is C17H26ClNO3. The second-order valence-electron chi connectivity index (χ2n) is 6.48. The number of rotatable bonds is 8. The molecule has 1 aromatic carbocycles. The van der Waals surface area contributed by atoms with Crippen LogP contribution in [0.15, 0.2) is 24.3 Å². The molecule has 0 heterocycles. The van der Waals surface area contributed by atoms with Crippen LogP contribution in [-0.4, -0.2) is 28.3 Å². The van der Waals surface area contributed by atoms with Crippen molar-refractivity contribution in [2.75, 3.05) is 6.54 Å². The molecule has 1 rings (SSSR count). The van der Waals surface area contributed by atoms with Gasteiger partial charge in [0, 0.05) is 11.6 Å². The fourth-order valence-corrected chi connectivity index (χ4v) is 2.15. The van der Waals surface area contributed by atoms with E-state index in [1.54, 1.807) is 31.2 Å². The lowest BCUT2D eigenvalue weighted by Gasteiger charge is -2.24. The van der Waals surface area contributed by atoms with Crippen LogP contribution < -0.4 is 5.32 Å². The molecule has 3 N–H and O–H groups in total. The van der Waals surface area contributed by atoms with Crippen molar-refractivity contribution in [3.05, 3.63) is 34.9 Å². The number of hydrogen-bond acceptors (Lipinski definition) is 3. The molecule has 0 aliphatic carbocycles. The van der Waals surface area contributed by atoms with E-state index < -0.39 is 11.7 Å². The van der Waals surface area contributed by atoms with Crippen LogP contribution in [0.25, 0.3) is 0 Å². The van der Waals surface area contributed by atoms with Crippen molar-refractivity contribution in [3.8, 4) is 0 Å². The van der Waals surface area contributed by atoms with Gasteiger partial charge in [0.2, 0.25) is 5.91 Å². The van der Waals surface area contributed by atoms with Gasteiger partial charge in [0.05, 0.1) is 18.1 Å². The average Bonchev–Trinajstić information content (AvgIpc) is 2.44. The zero-order valence-corrected chi connectivity index (χ0v) is 14.2. The SMILES string of the molecule is CC(C)CCC(C)(O)CNC(=O)CC(O)c1ccc(Cl)cc1. The van der Waals surface area contributed by atoms with E-state index in [1.165, 1.54) is 0 Å². The van der Waals surface area contributed by atoms with Crippen LogP contribution in [0.1, 0.15) is 51.7 Å². The molecule has 0 spiro atoms. The number of aliphatic hydroxyl groups excluding tert-OH is 1. The second kappa shape index (κ2) is 8.51. The van der Waals surface area contributed by atoms with E-state index in [-0.39, 0.29) is 18.9 Å². The molecule has 0 bridgehead atoms. The van der Waals surface area contributed by atoms with Crippen LogP contribution in [-0.2, 0) is 4.79 Å². The lowest BCUT2D eigenvalue weighted by molar-refractivity contribution is -0.124. The Morgan fingerprint density at radius 1 is 1.32 bits per heavy atom. The number of hydrogen-bond donors (Lipinski definition) is 3. The third kappa shape index (κ3) is 7.25. The van der Waals surface area contributed by atoms with Gasteiger partial charge >= 0.3 is 0 Å². The van der Waals surface area contributed by atoms with Gasteiger partial charge in [0.15, 0.2) is 0 Å². The fraction of sp³-hybridized carbons (Fsp3) is 0.588. The molecule has 2 unspecified atom stereocenters. The van der Waals surface area contributed by atoms with Gasteiger partial charge in [-0.2, -0.15) is 0 Å². The number of carbonyl (C=O) groups excluding carboxylic acids is 1. The Hall–Kier alpha value is -1.10. The molecule has 0 fully saturated rings. The summed E-state index contributed by atoms with van der Waals surface area (Å²) >= 11 is 5.79. The average molecular weight is 328 g/mol. The number of amides is 1. The number of halogens is 1. The maximum Gasteiger partial charge on any atom is 0.223 e. The topological polar surface area (TPSA) is 69.6 Å². The standard InChI is InChI=1S/C17H26ClNO3/c1-12(2)8-9-17(3,22)11-19-16(21)10-15(20)13-4-6-14(18)7-5-13/h4-7,12,15,20,22H,8-11H2,1-3H3,(H,19,21). The molecule has 22 heavy (non-hydrogen) atoms. The molecule has 2 atom stereocenters. The Morgan fingerprint density at radius 2 is 1.91 bits per heavy atom. The summed E-state index contributed by atoms with van der Waals surface area (Å²) in [5.74, 6) is 0.223. The number of aliphatic hydroxyl groups is 2. The molecule has 5 heteroatoms. The summed E-state index contributed by atoms with van der Waals surface area (Å²) in [6, 6.07) is 6.74. The Morgan fingerprint density at radius 3 is 2.45 bits per heavy atom. The minimum atomic E-state index is -0.925. The quantitative estimate of drug-likeness (QED) is 0.687. The van der Waals surface area contributed by atoms with Crippen molar-refractivity contribution in [1.82, 2.24) is 5.32 Å². The summed E-state index contributed by atoms with van der Waals surface area (Å²) in [6.07, 6.45) is 0.612. The maximum absolute atomic E-state index is 11.9. The molecule has 0 radical (unpaired) electrons. The van der Waals surface area contributed by atoms with Crippen LogP contribution in [0.5, 0.6) is 0 Å². The van der Waals surface area contributed by atoms with Crippen LogP contribution in [0, 0.1) is 5.92 Å². The van der Waals surface area contributed by atoms with Gasteiger partial charge in [0.25, 0.3) is 0 Å². The molecule has 0 saturated carbocycles. The van der Waals surface area contributed by atoms with E-state index in [0.29, 0.717) is 22.9 Å². The second-order valence-corrected chi connectivity index (χ2v) is 6.91. The van der Waals surface area contributed by atoms with Crippen molar-refractivity contribution in [2.45, 2.75) is 51.7 Å². The van der Waals surface area contributed by atoms with Gasteiger partial charge in [-0.1, -0.05) is 37.6 Å². The fourth-order valence-electron chi connectivity index (χ4n) is 2.03. The molecule has 124 valence electrons. The molecule has 4 nitrogen and oxygen atoms in total. The van der Waals surface area contributed by atoms with Crippen LogP contribution >= 0.6 is 11.6 Å². The Labute approximate surface area is 137 Å². The molecule has 1 amide bonds. The highest BCUT2D eigenvalue weighted by molar-refractivity contribution is 6.30. The van der Waals surface area contributed by atoms with Crippen LogP contribution in [0.3, 0.4) is 0 Å². The third-order valence-electron chi connectivity index (χ3n) is 3.56. The first-order chi connectivity index (χ1) is 10.2. The van der Waals surface area contributed by atoms with Gasteiger partial charge < -0.3 is 15.5 Å².